The fourth-order valence-corrected chi connectivity index (χ4v) is 3.72. The molecule has 0 saturated heterocycles. The summed E-state index contributed by atoms with van der Waals surface area (Å²) in [6, 6.07) is 11.3. The highest BCUT2D eigenvalue weighted by molar-refractivity contribution is 9.10. The Morgan fingerprint density at radius 1 is 1.40 bits per heavy atom. The first-order valence-corrected chi connectivity index (χ1v) is 9.20. The highest BCUT2D eigenvalue weighted by Gasteiger charge is 2.07. The molecule has 1 N–H and O–H groups in total. The van der Waals surface area contributed by atoms with Gasteiger partial charge in [-0.1, -0.05) is 18.2 Å². The number of ether oxygens (including phenoxy) is 1. The van der Waals surface area contributed by atoms with Gasteiger partial charge >= 0.3 is 0 Å². The molecule has 0 spiro atoms. The number of methoxy groups -OCH3 is 1. The van der Waals surface area contributed by atoms with Crippen molar-refractivity contribution in [2.24, 2.45) is 0 Å². The van der Waals surface area contributed by atoms with E-state index in [2.05, 4.69) is 26.3 Å². The molecule has 5 nitrogen and oxygen atoms in total. The van der Waals surface area contributed by atoms with Crippen molar-refractivity contribution in [3.05, 3.63) is 69.0 Å². The second-order valence-corrected chi connectivity index (χ2v) is 7.08. The standard InChI is InChI=1S/C18H16BrN3O2S/c1-24-16-5-3-2-4-13(16)6-7-18(23)21-17-8-9-20-22(17)11-15-10-14(19)12-25-15/h2-10,12H,11H2,1H3,(H,21,23). The van der Waals surface area contributed by atoms with E-state index in [9.17, 15) is 4.79 Å². The third-order valence-corrected chi connectivity index (χ3v) is 5.13. The molecule has 1 aromatic carbocycles. The lowest BCUT2D eigenvalue weighted by molar-refractivity contribution is -0.111. The van der Waals surface area contributed by atoms with Gasteiger partial charge in [-0.25, -0.2) is 4.68 Å². The molecule has 0 aliphatic rings. The zero-order valence-corrected chi connectivity index (χ0v) is 15.9. The van der Waals surface area contributed by atoms with Crippen LogP contribution in [-0.2, 0) is 11.3 Å². The normalized spacial score (nSPS) is 11.0. The van der Waals surface area contributed by atoms with Gasteiger partial charge in [-0.15, -0.1) is 11.3 Å². The Morgan fingerprint density at radius 2 is 2.24 bits per heavy atom. The van der Waals surface area contributed by atoms with Gasteiger partial charge in [-0.05, 0) is 34.1 Å². The fourth-order valence-electron chi connectivity index (χ4n) is 2.29. The molecule has 0 atom stereocenters. The van der Waals surface area contributed by atoms with Gasteiger partial charge in [0, 0.05) is 32.4 Å². The van der Waals surface area contributed by atoms with E-state index in [0.717, 1.165) is 20.7 Å². The van der Waals surface area contributed by atoms with Crippen molar-refractivity contribution >= 4 is 45.1 Å². The molecule has 0 aliphatic heterocycles. The number of thiophene rings is 1. The molecule has 2 heterocycles. The summed E-state index contributed by atoms with van der Waals surface area (Å²) in [6.07, 6.45) is 4.88. The minimum Gasteiger partial charge on any atom is -0.496 e. The summed E-state index contributed by atoms with van der Waals surface area (Å²) < 4.78 is 8.07. The number of carbonyl (C=O) groups is 1. The lowest BCUT2D eigenvalue weighted by Crippen LogP contribution is -2.13. The summed E-state index contributed by atoms with van der Waals surface area (Å²) in [6.45, 7) is 0.606. The molecule has 3 aromatic rings. The number of hydrogen-bond donors (Lipinski definition) is 1. The number of benzene rings is 1. The zero-order chi connectivity index (χ0) is 17.6. The lowest BCUT2D eigenvalue weighted by atomic mass is 10.2. The number of rotatable bonds is 6. The third-order valence-electron chi connectivity index (χ3n) is 3.45. The van der Waals surface area contributed by atoms with Gasteiger partial charge in [0.1, 0.15) is 11.6 Å². The Bertz CT molecular complexity index is 901. The molecule has 0 aliphatic carbocycles. The van der Waals surface area contributed by atoms with Gasteiger partial charge < -0.3 is 10.1 Å². The van der Waals surface area contributed by atoms with Crippen LogP contribution in [0.15, 0.2) is 58.5 Å². The summed E-state index contributed by atoms with van der Waals surface area (Å²) in [5, 5.41) is 9.14. The van der Waals surface area contributed by atoms with Crippen LogP contribution in [0.4, 0.5) is 5.82 Å². The highest BCUT2D eigenvalue weighted by atomic mass is 79.9. The number of nitrogens with zero attached hydrogens (tertiary/aromatic N) is 2. The lowest BCUT2D eigenvalue weighted by Gasteiger charge is -2.07. The van der Waals surface area contributed by atoms with Crippen LogP contribution >= 0.6 is 27.3 Å². The number of halogens is 1. The average Bonchev–Trinajstić information content (AvgIpc) is 3.22. The first-order chi connectivity index (χ1) is 12.2. The topological polar surface area (TPSA) is 56.1 Å². The average molecular weight is 418 g/mol. The number of aromatic nitrogens is 2. The van der Waals surface area contributed by atoms with Gasteiger partial charge in [0.2, 0.25) is 5.91 Å². The minimum absolute atomic E-state index is 0.222. The molecule has 7 heteroatoms. The summed E-state index contributed by atoms with van der Waals surface area (Å²) >= 11 is 5.08. The number of amides is 1. The largest absolute Gasteiger partial charge is 0.496 e. The molecule has 0 bridgehead atoms. The molecule has 0 saturated carbocycles. The Hall–Kier alpha value is -2.38. The zero-order valence-electron chi connectivity index (χ0n) is 13.5. The number of carbonyl (C=O) groups excluding carboxylic acids is 1. The minimum atomic E-state index is -0.222. The van der Waals surface area contributed by atoms with Crippen LogP contribution in [0.3, 0.4) is 0 Å². The van der Waals surface area contributed by atoms with Crippen LogP contribution < -0.4 is 10.1 Å². The smallest absolute Gasteiger partial charge is 0.249 e. The number of anilines is 1. The predicted molar refractivity (Wildman–Crippen MR) is 104 cm³/mol. The van der Waals surface area contributed by atoms with E-state index in [4.69, 9.17) is 4.74 Å². The Morgan fingerprint density at radius 3 is 3.00 bits per heavy atom. The van der Waals surface area contributed by atoms with E-state index in [-0.39, 0.29) is 5.91 Å². The van der Waals surface area contributed by atoms with Crippen molar-refractivity contribution in [3.63, 3.8) is 0 Å². The van der Waals surface area contributed by atoms with E-state index in [1.165, 1.54) is 6.08 Å². The molecular weight excluding hydrogens is 402 g/mol. The molecule has 128 valence electrons. The van der Waals surface area contributed by atoms with Gasteiger partial charge in [-0.2, -0.15) is 5.10 Å². The SMILES string of the molecule is COc1ccccc1C=CC(=O)Nc1ccnn1Cc1cc(Br)cs1. The quantitative estimate of drug-likeness (QED) is 0.604. The molecular formula is C18H16BrN3O2S. The maximum absolute atomic E-state index is 12.2. The van der Waals surface area contributed by atoms with Crippen molar-refractivity contribution in [3.8, 4) is 5.75 Å². The number of hydrogen-bond acceptors (Lipinski definition) is 4. The van der Waals surface area contributed by atoms with Gasteiger partial charge in [0.05, 0.1) is 19.9 Å². The Balaban J connectivity index is 1.67. The molecule has 0 radical (unpaired) electrons. The summed E-state index contributed by atoms with van der Waals surface area (Å²) in [7, 11) is 1.61. The molecule has 3 rings (SSSR count). The van der Waals surface area contributed by atoms with E-state index >= 15 is 0 Å². The van der Waals surface area contributed by atoms with Crippen molar-refractivity contribution in [2.75, 3.05) is 12.4 Å². The van der Waals surface area contributed by atoms with Crippen LogP contribution in [0.25, 0.3) is 6.08 Å². The van der Waals surface area contributed by atoms with Gasteiger partial charge in [-0.3, -0.25) is 4.79 Å². The first-order valence-electron chi connectivity index (χ1n) is 7.52. The van der Waals surface area contributed by atoms with Crippen LogP contribution in [0.5, 0.6) is 5.75 Å². The monoisotopic (exact) mass is 417 g/mol. The molecule has 0 fully saturated rings. The molecule has 1 amide bonds. The molecule has 25 heavy (non-hydrogen) atoms. The third kappa shape index (κ3) is 4.58. The van der Waals surface area contributed by atoms with Crippen LogP contribution in [-0.4, -0.2) is 22.8 Å². The van der Waals surface area contributed by atoms with Gasteiger partial charge in [0.15, 0.2) is 0 Å². The van der Waals surface area contributed by atoms with Crippen molar-refractivity contribution in [1.29, 1.82) is 0 Å². The van der Waals surface area contributed by atoms with Crippen molar-refractivity contribution in [2.45, 2.75) is 6.54 Å². The van der Waals surface area contributed by atoms with Crippen molar-refractivity contribution < 1.29 is 9.53 Å². The van der Waals surface area contributed by atoms with Crippen LogP contribution in [0.2, 0.25) is 0 Å². The maximum Gasteiger partial charge on any atom is 0.249 e. The fraction of sp³-hybridized carbons (Fsp3) is 0.111. The van der Waals surface area contributed by atoms with Gasteiger partial charge in [0.25, 0.3) is 0 Å². The number of para-hydroxylation sites is 1. The number of nitrogens with one attached hydrogen (secondary N) is 1. The van der Waals surface area contributed by atoms with Crippen LogP contribution in [0, 0.1) is 0 Å². The highest BCUT2D eigenvalue weighted by Crippen LogP contribution is 2.22. The van der Waals surface area contributed by atoms with E-state index in [1.54, 1.807) is 41.5 Å². The summed E-state index contributed by atoms with van der Waals surface area (Å²) in [5.74, 6) is 1.15. The van der Waals surface area contributed by atoms with E-state index in [0.29, 0.717) is 12.4 Å². The maximum atomic E-state index is 12.2. The van der Waals surface area contributed by atoms with Crippen molar-refractivity contribution in [1.82, 2.24) is 9.78 Å². The summed E-state index contributed by atoms with van der Waals surface area (Å²) in [4.78, 5) is 13.4. The molecule has 0 unspecified atom stereocenters. The molecule has 2 aromatic heterocycles. The summed E-state index contributed by atoms with van der Waals surface area (Å²) in [5.41, 5.74) is 0.845. The first kappa shape index (κ1) is 17.4. The van der Waals surface area contributed by atoms with E-state index < -0.39 is 0 Å². The predicted octanol–water partition coefficient (Wildman–Crippen LogP) is 4.42. The Kier molecular flexibility index (Phi) is 5.67. The van der Waals surface area contributed by atoms with E-state index in [1.807, 2.05) is 35.7 Å². The second kappa shape index (κ2) is 8.13. The van der Waals surface area contributed by atoms with Crippen LogP contribution in [0.1, 0.15) is 10.4 Å². The second-order valence-electron chi connectivity index (χ2n) is 5.17. The Labute approximate surface area is 158 Å².